The van der Waals surface area contributed by atoms with Gasteiger partial charge in [0.15, 0.2) is 0 Å². The first kappa shape index (κ1) is 24.0. The Morgan fingerprint density at radius 2 is 1.66 bits per heavy atom. The van der Waals surface area contributed by atoms with Crippen molar-refractivity contribution in [3.8, 4) is 11.1 Å². The Balaban J connectivity index is 1.14. The molecule has 0 saturated heterocycles. The summed E-state index contributed by atoms with van der Waals surface area (Å²) >= 11 is 0. The smallest absolute Gasteiger partial charge is 0.407 e. The number of nitrogens with one attached hydrogen (secondary N) is 2. The average molecular weight is 477 g/mol. The van der Waals surface area contributed by atoms with Gasteiger partial charge in [-0.25, -0.2) is 9.59 Å². The van der Waals surface area contributed by atoms with Crippen molar-refractivity contribution in [2.75, 3.05) is 13.2 Å². The van der Waals surface area contributed by atoms with Crippen LogP contribution in [0.5, 0.6) is 0 Å². The van der Waals surface area contributed by atoms with Crippen LogP contribution >= 0.6 is 0 Å². The van der Waals surface area contributed by atoms with Crippen LogP contribution in [-0.2, 0) is 23.1 Å². The van der Waals surface area contributed by atoms with Gasteiger partial charge in [0.05, 0.1) is 12.2 Å². The van der Waals surface area contributed by atoms with Crippen LogP contribution in [0.4, 0.5) is 4.79 Å². The third-order valence-corrected chi connectivity index (χ3v) is 6.06. The molecule has 0 spiro atoms. The Morgan fingerprint density at radius 1 is 1.00 bits per heavy atom. The average Bonchev–Trinajstić information content (AvgIpc) is 3.39. The highest BCUT2D eigenvalue weighted by molar-refractivity contribution is 5.85. The molecule has 0 saturated carbocycles. The minimum absolute atomic E-state index is 0.0162. The topological polar surface area (TPSA) is 123 Å². The zero-order chi connectivity index (χ0) is 24.8. The molecule has 9 nitrogen and oxygen atoms in total. The maximum Gasteiger partial charge on any atom is 0.407 e. The van der Waals surface area contributed by atoms with Crippen molar-refractivity contribution >= 4 is 18.0 Å². The summed E-state index contributed by atoms with van der Waals surface area (Å²) < 4.78 is 6.77. The molecule has 4 rings (SSSR count). The zero-order valence-electron chi connectivity index (χ0n) is 19.5. The second-order valence-electron chi connectivity index (χ2n) is 8.44. The Hall–Kier alpha value is -4.14. The molecule has 182 valence electrons. The van der Waals surface area contributed by atoms with Gasteiger partial charge in [-0.15, -0.1) is 0 Å². The van der Waals surface area contributed by atoms with Crippen molar-refractivity contribution in [1.29, 1.82) is 0 Å². The van der Waals surface area contributed by atoms with E-state index in [9.17, 15) is 14.4 Å². The Kier molecular flexibility index (Phi) is 7.45. The van der Waals surface area contributed by atoms with Crippen LogP contribution in [-0.4, -0.2) is 46.0 Å². The molecule has 9 heteroatoms. The van der Waals surface area contributed by atoms with E-state index < -0.39 is 12.1 Å². The Bertz CT molecular complexity index is 1190. The number of benzene rings is 2. The van der Waals surface area contributed by atoms with E-state index in [1.54, 1.807) is 7.05 Å². The van der Waals surface area contributed by atoms with Crippen LogP contribution in [0.25, 0.3) is 11.1 Å². The van der Waals surface area contributed by atoms with Crippen molar-refractivity contribution in [3.05, 3.63) is 77.1 Å². The summed E-state index contributed by atoms with van der Waals surface area (Å²) in [4.78, 5) is 35.3. The highest BCUT2D eigenvalue weighted by Gasteiger charge is 2.28. The van der Waals surface area contributed by atoms with E-state index >= 15 is 0 Å². The van der Waals surface area contributed by atoms with Gasteiger partial charge in [0.2, 0.25) is 5.91 Å². The van der Waals surface area contributed by atoms with Gasteiger partial charge in [0, 0.05) is 25.9 Å². The molecule has 0 fully saturated rings. The number of carboxylic acid groups (broad SMARTS) is 1. The Labute approximate surface area is 203 Å². The van der Waals surface area contributed by atoms with E-state index in [1.807, 2.05) is 24.3 Å². The van der Waals surface area contributed by atoms with Crippen molar-refractivity contribution in [2.45, 2.75) is 31.7 Å². The first-order valence-corrected chi connectivity index (χ1v) is 11.6. The SMILES string of the molecule is Cn1nc(CNC(=O)CCCCNC(=O)OCC2c3ccccc3-c3ccccc32)cc1C(=O)O. The first-order chi connectivity index (χ1) is 16.9. The molecule has 3 N–H and O–H groups in total. The summed E-state index contributed by atoms with van der Waals surface area (Å²) in [5.74, 6) is -1.21. The number of hydrogen-bond donors (Lipinski definition) is 3. The lowest BCUT2D eigenvalue weighted by Gasteiger charge is -2.14. The first-order valence-electron chi connectivity index (χ1n) is 11.6. The predicted octanol–water partition coefficient (Wildman–Crippen LogP) is 3.44. The molecule has 1 aliphatic carbocycles. The fraction of sp³-hybridized carbons (Fsp3) is 0.308. The van der Waals surface area contributed by atoms with Gasteiger partial charge in [-0.1, -0.05) is 48.5 Å². The third-order valence-electron chi connectivity index (χ3n) is 6.06. The minimum atomic E-state index is -1.07. The van der Waals surface area contributed by atoms with E-state index in [2.05, 4.69) is 40.0 Å². The van der Waals surface area contributed by atoms with Gasteiger partial charge < -0.3 is 20.5 Å². The van der Waals surface area contributed by atoms with Crippen LogP contribution in [0, 0.1) is 0 Å². The monoisotopic (exact) mass is 476 g/mol. The molecule has 0 atom stereocenters. The van der Waals surface area contributed by atoms with E-state index in [0.717, 1.165) is 11.1 Å². The van der Waals surface area contributed by atoms with Crippen LogP contribution in [0.15, 0.2) is 54.6 Å². The number of rotatable bonds is 10. The largest absolute Gasteiger partial charge is 0.477 e. The number of aryl methyl sites for hydroxylation is 1. The fourth-order valence-corrected chi connectivity index (χ4v) is 4.34. The van der Waals surface area contributed by atoms with Crippen LogP contribution in [0.1, 0.15) is 52.5 Å². The number of aromatic carboxylic acids is 1. The Morgan fingerprint density at radius 3 is 2.29 bits per heavy atom. The minimum Gasteiger partial charge on any atom is -0.477 e. The quantitative estimate of drug-likeness (QED) is 0.385. The maximum atomic E-state index is 12.2. The van der Waals surface area contributed by atoms with Crippen LogP contribution in [0.2, 0.25) is 0 Å². The molecule has 2 amide bonds. The highest BCUT2D eigenvalue weighted by Crippen LogP contribution is 2.44. The predicted molar refractivity (Wildman–Crippen MR) is 129 cm³/mol. The number of fused-ring (bicyclic) bond motifs is 3. The van der Waals surface area contributed by atoms with E-state index in [0.29, 0.717) is 31.5 Å². The van der Waals surface area contributed by atoms with Gasteiger partial charge in [-0.3, -0.25) is 9.48 Å². The van der Waals surface area contributed by atoms with Crippen molar-refractivity contribution in [2.24, 2.45) is 7.05 Å². The molecule has 35 heavy (non-hydrogen) atoms. The number of carbonyl (C=O) groups is 3. The molecule has 3 aromatic rings. The van der Waals surface area contributed by atoms with E-state index in [4.69, 9.17) is 9.84 Å². The second-order valence-corrected chi connectivity index (χ2v) is 8.44. The van der Waals surface area contributed by atoms with E-state index in [1.165, 1.54) is 21.9 Å². The summed E-state index contributed by atoms with van der Waals surface area (Å²) in [5.41, 5.74) is 5.24. The van der Waals surface area contributed by atoms with Crippen molar-refractivity contribution in [1.82, 2.24) is 20.4 Å². The molecule has 0 aliphatic heterocycles. The number of ether oxygens (including phenoxy) is 1. The molecule has 0 radical (unpaired) electrons. The lowest BCUT2D eigenvalue weighted by Crippen LogP contribution is -2.27. The number of carbonyl (C=O) groups excluding carboxylic acids is 2. The number of nitrogens with zero attached hydrogens (tertiary/aromatic N) is 2. The lowest BCUT2D eigenvalue weighted by molar-refractivity contribution is -0.121. The molecular weight excluding hydrogens is 448 g/mol. The third kappa shape index (κ3) is 5.68. The van der Waals surface area contributed by atoms with Gasteiger partial charge in [0.25, 0.3) is 0 Å². The van der Waals surface area contributed by atoms with Crippen LogP contribution < -0.4 is 10.6 Å². The molecule has 1 aliphatic rings. The summed E-state index contributed by atoms with van der Waals surface area (Å²) in [5, 5.41) is 18.6. The number of carboxylic acids is 1. The van der Waals surface area contributed by atoms with Gasteiger partial charge in [-0.05, 0) is 41.2 Å². The molecule has 2 aromatic carbocycles. The number of aromatic nitrogens is 2. The summed E-state index contributed by atoms with van der Waals surface area (Å²) in [6, 6.07) is 17.8. The molecule has 0 unspecified atom stereocenters. The molecule has 1 heterocycles. The number of unbranched alkanes of at least 4 members (excludes halogenated alkanes) is 1. The van der Waals surface area contributed by atoms with Crippen molar-refractivity contribution in [3.63, 3.8) is 0 Å². The maximum absolute atomic E-state index is 12.2. The summed E-state index contributed by atoms with van der Waals surface area (Å²) in [6.45, 7) is 0.837. The van der Waals surface area contributed by atoms with Gasteiger partial charge in [0.1, 0.15) is 12.3 Å². The highest BCUT2D eigenvalue weighted by atomic mass is 16.5. The number of amides is 2. The normalized spacial score (nSPS) is 12.0. The second kappa shape index (κ2) is 10.9. The van der Waals surface area contributed by atoms with E-state index in [-0.39, 0.29) is 30.7 Å². The van der Waals surface area contributed by atoms with Crippen molar-refractivity contribution < 1.29 is 24.2 Å². The lowest BCUT2D eigenvalue weighted by atomic mass is 9.98. The van der Waals surface area contributed by atoms with Crippen LogP contribution in [0.3, 0.4) is 0 Å². The molecular formula is C26H28N4O5. The summed E-state index contributed by atoms with van der Waals surface area (Å²) in [7, 11) is 1.54. The van der Waals surface area contributed by atoms with Gasteiger partial charge >= 0.3 is 12.1 Å². The fourth-order valence-electron chi connectivity index (χ4n) is 4.34. The zero-order valence-corrected chi connectivity index (χ0v) is 19.5. The number of hydrogen-bond acceptors (Lipinski definition) is 5. The van der Waals surface area contributed by atoms with Gasteiger partial charge in [-0.2, -0.15) is 5.10 Å². The molecule has 0 bridgehead atoms. The number of alkyl carbamates (subject to hydrolysis) is 1. The molecule has 1 aromatic heterocycles. The summed E-state index contributed by atoms with van der Waals surface area (Å²) in [6.07, 6.45) is 1.05. The standard InChI is InChI=1S/C26H28N4O5/c1-30-23(25(32)33)14-17(29-30)15-28-24(31)12-6-7-13-27-26(34)35-16-22-20-10-4-2-8-18(20)19-9-3-5-11-21(19)22/h2-5,8-11,14,22H,6-7,12-13,15-16H2,1H3,(H,27,34)(H,28,31)(H,32,33).